The largest absolute Gasteiger partial charge is 0.444 e. The molecule has 1 heterocycles. The van der Waals surface area contributed by atoms with Crippen LogP contribution in [-0.4, -0.2) is 44.7 Å². The highest BCUT2D eigenvalue weighted by atomic mass is 32.2. The fraction of sp³-hybridized carbons (Fsp3) is 0.909. The highest BCUT2D eigenvalue weighted by Gasteiger charge is 2.36. The molecule has 1 aliphatic rings. The Morgan fingerprint density at radius 3 is 2.39 bits per heavy atom. The predicted molar refractivity (Wildman–Crippen MR) is 68.9 cm³/mol. The molecule has 18 heavy (non-hydrogen) atoms. The molecule has 0 aromatic rings. The van der Waals surface area contributed by atoms with Crippen molar-refractivity contribution in [2.24, 2.45) is 17.6 Å². The fourth-order valence-electron chi connectivity index (χ4n) is 2.01. The highest BCUT2D eigenvalue weighted by molar-refractivity contribution is 7.91. The van der Waals surface area contributed by atoms with Crippen molar-refractivity contribution < 1.29 is 17.9 Å². The third kappa shape index (κ3) is 4.81. The Morgan fingerprint density at radius 1 is 1.33 bits per heavy atom. The maximum Gasteiger partial charge on any atom is 0.407 e. The topological polar surface area (TPSA) is 98.5 Å². The SMILES string of the molecule is CC(C)(C)OC(=O)NCC1CS(=O)(=O)CC1CN. The van der Waals surface area contributed by atoms with Crippen LogP contribution in [0, 0.1) is 11.8 Å². The molecule has 2 unspecified atom stereocenters. The highest BCUT2D eigenvalue weighted by Crippen LogP contribution is 2.24. The van der Waals surface area contributed by atoms with Crippen molar-refractivity contribution in [2.75, 3.05) is 24.6 Å². The molecule has 0 spiro atoms. The predicted octanol–water partition coefficient (Wildman–Crippen LogP) is 0.131. The molecule has 1 aliphatic heterocycles. The van der Waals surface area contributed by atoms with E-state index < -0.39 is 21.5 Å². The summed E-state index contributed by atoms with van der Waals surface area (Å²) in [5, 5.41) is 2.60. The molecule has 0 saturated carbocycles. The number of amides is 1. The van der Waals surface area contributed by atoms with E-state index in [0.717, 1.165) is 0 Å². The molecule has 0 aromatic heterocycles. The Bertz CT molecular complexity index is 400. The average molecular weight is 278 g/mol. The molecule has 0 aromatic carbocycles. The Kier molecular flexibility index (Phi) is 4.61. The second-order valence-electron chi connectivity index (χ2n) is 5.72. The van der Waals surface area contributed by atoms with Crippen molar-refractivity contribution in [3.05, 3.63) is 0 Å². The molecule has 1 fully saturated rings. The van der Waals surface area contributed by atoms with Gasteiger partial charge in [0, 0.05) is 6.54 Å². The molecule has 2 atom stereocenters. The van der Waals surface area contributed by atoms with E-state index in [-0.39, 0.29) is 29.9 Å². The quantitative estimate of drug-likeness (QED) is 0.764. The van der Waals surface area contributed by atoms with E-state index in [2.05, 4.69) is 5.32 Å². The molecule has 3 N–H and O–H groups in total. The van der Waals surface area contributed by atoms with E-state index in [1.54, 1.807) is 20.8 Å². The number of carbonyl (C=O) groups is 1. The molecule has 6 nitrogen and oxygen atoms in total. The third-order valence-corrected chi connectivity index (χ3v) is 4.68. The van der Waals surface area contributed by atoms with Gasteiger partial charge in [0.2, 0.25) is 0 Å². The number of hydrogen-bond donors (Lipinski definition) is 2. The van der Waals surface area contributed by atoms with Crippen LogP contribution in [0.4, 0.5) is 4.79 Å². The van der Waals surface area contributed by atoms with Crippen molar-refractivity contribution in [3.63, 3.8) is 0 Å². The maximum absolute atomic E-state index is 11.5. The number of carbonyl (C=O) groups excluding carboxylic acids is 1. The van der Waals surface area contributed by atoms with Crippen molar-refractivity contribution in [3.8, 4) is 0 Å². The Hall–Kier alpha value is -0.820. The summed E-state index contributed by atoms with van der Waals surface area (Å²) in [6, 6.07) is 0. The number of rotatable bonds is 3. The van der Waals surface area contributed by atoms with Gasteiger partial charge in [0.05, 0.1) is 11.5 Å². The van der Waals surface area contributed by atoms with Gasteiger partial charge >= 0.3 is 6.09 Å². The smallest absolute Gasteiger partial charge is 0.407 e. The summed E-state index contributed by atoms with van der Waals surface area (Å²) in [5.41, 5.74) is 4.99. The normalized spacial score (nSPS) is 26.9. The summed E-state index contributed by atoms with van der Waals surface area (Å²) < 4.78 is 28.1. The summed E-state index contributed by atoms with van der Waals surface area (Å²) in [4.78, 5) is 11.5. The molecular formula is C11H22N2O4S. The van der Waals surface area contributed by atoms with Crippen molar-refractivity contribution in [1.29, 1.82) is 0 Å². The van der Waals surface area contributed by atoms with Crippen LogP contribution in [0.5, 0.6) is 0 Å². The minimum absolute atomic E-state index is 0.0788. The zero-order valence-electron chi connectivity index (χ0n) is 11.1. The average Bonchev–Trinajstić information content (AvgIpc) is 2.47. The zero-order valence-corrected chi connectivity index (χ0v) is 11.9. The summed E-state index contributed by atoms with van der Waals surface area (Å²) in [6.07, 6.45) is -0.525. The Labute approximate surface area is 108 Å². The first kappa shape index (κ1) is 15.2. The molecule has 0 bridgehead atoms. The summed E-state index contributed by atoms with van der Waals surface area (Å²) in [7, 11) is -3.01. The van der Waals surface area contributed by atoms with Gasteiger partial charge in [0.25, 0.3) is 0 Å². The summed E-state index contributed by atoms with van der Waals surface area (Å²) >= 11 is 0. The lowest BCUT2D eigenvalue weighted by molar-refractivity contribution is 0.0517. The van der Waals surface area contributed by atoms with E-state index in [1.807, 2.05) is 0 Å². The Morgan fingerprint density at radius 2 is 1.89 bits per heavy atom. The van der Waals surface area contributed by atoms with Gasteiger partial charge in [-0.3, -0.25) is 0 Å². The maximum atomic E-state index is 11.5. The number of nitrogens with one attached hydrogen (secondary N) is 1. The van der Waals surface area contributed by atoms with Crippen LogP contribution in [-0.2, 0) is 14.6 Å². The second kappa shape index (κ2) is 5.44. The number of sulfone groups is 1. The van der Waals surface area contributed by atoms with Crippen LogP contribution < -0.4 is 11.1 Å². The minimum atomic E-state index is -3.01. The summed E-state index contributed by atoms with van der Waals surface area (Å²) in [6.45, 7) is 5.93. The lowest BCUT2D eigenvalue weighted by Crippen LogP contribution is -2.38. The van der Waals surface area contributed by atoms with Crippen LogP contribution in [0.25, 0.3) is 0 Å². The number of alkyl carbamates (subject to hydrolysis) is 1. The Balaban J connectivity index is 2.46. The monoisotopic (exact) mass is 278 g/mol. The van der Waals surface area contributed by atoms with Crippen molar-refractivity contribution in [1.82, 2.24) is 5.32 Å². The van der Waals surface area contributed by atoms with Crippen molar-refractivity contribution >= 4 is 15.9 Å². The van der Waals surface area contributed by atoms with Crippen LogP contribution in [0.2, 0.25) is 0 Å². The summed E-state index contributed by atoms with van der Waals surface area (Å²) in [5.74, 6) is 0.00640. The van der Waals surface area contributed by atoms with Gasteiger partial charge in [-0.05, 0) is 39.2 Å². The third-order valence-electron chi connectivity index (χ3n) is 2.81. The minimum Gasteiger partial charge on any atom is -0.444 e. The molecule has 7 heteroatoms. The number of nitrogens with two attached hydrogens (primary N) is 1. The molecule has 1 amide bonds. The first-order valence-electron chi connectivity index (χ1n) is 6.00. The van der Waals surface area contributed by atoms with Gasteiger partial charge in [-0.1, -0.05) is 0 Å². The van der Waals surface area contributed by atoms with Gasteiger partial charge in [-0.25, -0.2) is 13.2 Å². The van der Waals surface area contributed by atoms with Gasteiger partial charge in [0.1, 0.15) is 5.60 Å². The lowest BCUT2D eigenvalue weighted by Gasteiger charge is -2.21. The standard InChI is InChI=1S/C11H22N2O4S/c1-11(2,3)17-10(14)13-5-9-7-18(15,16)6-8(9)4-12/h8-9H,4-7,12H2,1-3H3,(H,13,14). The van der Waals surface area contributed by atoms with E-state index in [0.29, 0.717) is 6.54 Å². The van der Waals surface area contributed by atoms with Gasteiger partial charge in [-0.15, -0.1) is 0 Å². The molecule has 0 aliphatic carbocycles. The van der Waals surface area contributed by atoms with Crippen LogP contribution in [0.3, 0.4) is 0 Å². The molecule has 1 rings (SSSR count). The van der Waals surface area contributed by atoms with Crippen LogP contribution >= 0.6 is 0 Å². The fourth-order valence-corrected chi connectivity index (χ4v) is 4.25. The van der Waals surface area contributed by atoms with Gasteiger partial charge < -0.3 is 15.8 Å². The van der Waals surface area contributed by atoms with Crippen LogP contribution in [0.1, 0.15) is 20.8 Å². The van der Waals surface area contributed by atoms with Gasteiger partial charge in [0.15, 0.2) is 9.84 Å². The number of hydrogen-bond acceptors (Lipinski definition) is 5. The molecule has 106 valence electrons. The van der Waals surface area contributed by atoms with E-state index in [9.17, 15) is 13.2 Å². The first-order chi connectivity index (χ1) is 8.13. The zero-order chi connectivity index (χ0) is 14.0. The van der Waals surface area contributed by atoms with E-state index in [4.69, 9.17) is 10.5 Å². The first-order valence-corrected chi connectivity index (χ1v) is 7.82. The number of ether oxygens (including phenoxy) is 1. The van der Waals surface area contributed by atoms with Gasteiger partial charge in [-0.2, -0.15) is 0 Å². The van der Waals surface area contributed by atoms with Crippen molar-refractivity contribution in [2.45, 2.75) is 26.4 Å². The lowest BCUT2D eigenvalue weighted by atomic mass is 9.96. The molecule has 0 radical (unpaired) electrons. The second-order valence-corrected chi connectivity index (χ2v) is 7.87. The van der Waals surface area contributed by atoms with Crippen LogP contribution in [0.15, 0.2) is 0 Å². The molecular weight excluding hydrogens is 256 g/mol. The molecule has 1 saturated heterocycles. The van der Waals surface area contributed by atoms with E-state index >= 15 is 0 Å². The van der Waals surface area contributed by atoms with E-state index in [1.165, 1.54) is 0 Å².